The van der Waals surface area contributed by atoms with Gasteiger partial charge in [-0.3, -0.25) is 0 Å². The second-order valence-corrected chi connectivity index (χ2v) is 7.38. The monoisotopic (exact) mass is 388 g/mol. The number of methoxy groups -OCH3 is 1. The Balaban J connectivity index is 2.85. The summed E-state index contributed by atoms with van der Waals surface area (Å²) in [5.74, 6) is -1.09. The number of nitriles is 1. The topological polar surface area (TPSA) is 73.6 Å². The van der Waals surface area contributed by atoms with Crippen LogP contribution in [0.3, 0.4) is 0 Å². The predicted octanol–water partition coefficient (Wildman–Crippen LogP) is 4.33. The number of halogens is 1. The van der Waals surface area contributed by atoms with Gasteiger partial charge in [0.25, 0.3) is 0 Å². The van der Waals surface area contributed by atoms with Crippen LogP contribution in [0.15, 0.2) is 41.2 Å². The van der Waals surface area contributed by atoms with Crippen LogP contribution in [0.5, 0.6) is 0 Å². The van der Waals surface area contributed by atoms with Crippen LogP contribution in [-0.4, -0.2) is 36.2 Å². The zero-order valence-electron chi connectivity index (χ0n) is 16.3. The third-order valence-electron chi connectivity index (χ3n) is 5.25. The number of allylic oxidation sites excluding steroid dienone is 3. The van der Waals surface area contributed by atoms with Crippen LogP contribution in [0.2, 0.25) is 5.02 Å². The first-order valence-electron chi connectivity index (χ1n) is 8.82. The van der Waals surface area contributed by atoms with Gasteiger partial charge in [-0.05, 0) is 37.5 Å². The Morgan fingerprint density at radius 1 is 1.41 bits per heavy atom. The third-order valence-corrected chi connectivity index (χ3v) is 5.66. The van der Waals surface area contributed by atoms with Gasteiger partial charge in [-0.2, -0.15) is 5.26 Å². The van der Waals surface area contributed by atoms with Crippen LogP contribution in [0.4, 0.5) is 0 Å². The minimum Gasteiger partial charge on any atom is -0.478 e. The van der Waals surface area contributed by atoms with Crippen LogP contribution < -0.4 is 0 Å². The van der Waals surface area contributed by atoms with Crippen molar-refractivity contribution in [2.24, 2.45) is 5.92 Å². The number of rotatable bonds is 6. The van der Waals surface area contributed by atoms with Crippen LogP contribution in [0, 0.1) is 17.2 Å². The van der Waals surface area contributed by atoms with E-state index in [9.17, 15) is 15.2 Å². The lowest BCUT2D eigenvalue weighted by molar-refractivity contribution is -0.133. The van der Waals surface area contributed by atoms with Gasteiger partial charge >= 0.3 is 5.97 Å². The molecule has 1 aliphatic rings. The summed E-state index contributed by atoms with van der Waals surface area (Å²) in [6.45, 7) is 8.75. The third kappa shape index (κ3) is 3.47. The van der Waals surface area contributed by atoms with E-state index < -0.39 is 11.4 Å². The SMILES string of the molecule is COCCN1C(C)=CC(c2cccc(C#N)c2Cl)(C(C)C)C(C(=O)O)=C1C. The van der Waals surface area contributed by atoms with E-state index in [1.807, 2.05) is 44.7 Å². The molecule has 1 N–H and O–H groups in total. The van der Waals surface area contributed by atoms with Crippen molar-refractivity contribution in [3.05, 3.63) is 57.4 Å². The van der Waals surface area contributed by atoms with Crippen molar-refractivity contribution in [1.29, 1.82) is 5.26 Å². The summed E-state index contributed by atoms with van der Waals surface area (Å²) in [5, 5.41) is 19.8. The molecule has 0 bridgehead atoms. The van der Waals surface area contributed by atoms with Gasteiger partial charge in [0.15, 0.2) is 0 Å². The van der Waals surface area contributed by atoms with Crippen molar-refractivity contribution in [2.45, 2.75) is 33.1 Å². The molecule has 0 aromatic heterocycles. The summed E-state index contributed by atoms with van der Waals surface area (Å²) in [5.41, 5.74) is 1.91. The van der Waals surface area contributed by atoms with Gasteiger partial charge in [0, 0.05) is 25.0 Å². The smallest absolute Gasteiger partial charge is 0.334 e. The van der Waals surface area contributed by atoms with E-state index >= 15 is 0 Å². The van der Waals surface area contributed by atoms with E-state index in [1.165, 1.54) is 0 Å². The number of carboxylic acids is 1. The maximum Gasteiger partial charge on any atom is 0.334 e. The van der Waals surface area contributed by atoms with Crippen molar-refractivity contribution in [3.8, 4) is 6.07 Å². The van der Waals surface area contributed by atoms with Crippen molar-refractivity contribution < 1.29 is 14.6 Å². The van der Waals surface area contributed by atoms with Crippen LogP contribution in [0.25, 0.3) is 0 Å². The lowest BCUT2D eigenvalue weighted by atomic mass is 9.64. The molecule has 2 rings (SSSR count). The largest absolute Gasteiger partial charge is 0.478 e. The molecular formula is C21H25ClN2O3. The highest BCUT2D eigenvalue weighted by atomic mass is 35.5. The van der Waals surface area contributed by atoms with Gasteiger partial charge in [-0.15, -0.1) is 0 Å². The molecule has 0 aliphatic carbocycles. The number of carboxylic acid groups (broad SMARTS) is 1. The van der Waals surface area contributed by atoms with Gasteiger partial charge < -0.3 is 14.7 Å². The number of hydrogen-bond acceptors (Lipinski definition) is 4. The Hall–Kier alpha value is -2.29. The molecule has 1 aromatic rings. The van der Waals surface area contributed by atoms with Crippen LogP contribution in [0.1, 0.15) is 38.8 Å². The Bertz CT molecular complexity index is 851. The number of benzene rings is 1. The average Bonchev–Trinajstić information content (AvgIpc) is 2.60. The molecule has 1 atom stereocenters. The molecule has 0 radical (unpaired) electrons. The molecule has 0 saturated heterocycles. The van der Waals surface area contributed by atoms with Crippen LogP contribution in [-0.2, 0) is 14.9 Å². The molecule has 5 nitrogen and oxygen atoms in total. The van der Waals surface area contributed by atoms with Gasteiger partial charge in [-0.25, -0.2) is 4.79 Å². The molecule has 1 heterocycles. The number of nitrogens with zero attached hydrogens (tertiary/aromatic N) is 2. The summed E-state index contributed by atoms with van der Waals surface area (Å²) >= 11 is 6.56. The molecule has 0 amide bonds. The van der Waals surface area contributed by atoms with E-state index in [2.05, 4.69) is 6.07 Å². The lowest BCUT2D eigenvalue weighted by Gasteiger charge is -2.44. The highest BCUT2D eigenvalue weighted by Crippen LogP contribution is 2.49. The van der Waals surface area contributed by atoms with E-state index in [0.29, 0.717) is 35.0 Å². The first-order chi connectivity index (χ1) is 12.7. The molecule has 0 spiro atoms. The molecule has 1 aromatic carbocycles. The van der Waals surface area contributed by atoms with Gasteiger partial charge in [0.05, 0.1) is 28.2 Å². The molecular weight excluding hydrogens is 364 g/mol. The zero-order chi connectivity index (χ0) is 20.4. The normalized spacial score (nSPS) is 19.9. The molecule has 1 unspecified atom stereocenters. The second-order valence-electron chi connectivity index (χ2n) is 7.00. The molecule has 27 heavy (non-hydrogen) atoms. The van der Waals surface area contributed by atoms with Crippen molar-refractivity contribution in [1.82, 2.24) is 4.90 Å². The average molecular weight is 389 g/mol. The minimum absolute atomic E-state index is 0.0930. The molecule has 0 fully saturated rings. The van der Waals surface area contributed by atoms with E-state index in [-0.39, 0.29) is 11.5 Å². The summed E-state index contributed by atoms with van der Waals surface area (Å²) in [6.07, 6.45) is 1.96. The predicted molar refractivity (Wildman–Crippen MR) is 105 cm³/mol. The molecule has 0 saturated carbocycles. The Morgan fingerprint density at radius 2 is 2.07 bits per heavy atom. The zero-order valence-corrected chi connectivity index (χ0v) is 17.1. The summed E-state index contributed by atoms with van der Waals surface area (Å²) in [6, 6.07) is 7.29. The summed E-state index contributed by atoms with van der Waals surface area (Å²) in [4.78, 5) is 14.4. The first-order valence-corrected chi connectivity index (χ1v) is 9.19. The van der Waals surface area contributed by atoms with Crippen molar-refractivity contribution in [3.63, 3.8) is 0 Å². The fraction of sp³-hybridized carbons (Fsp3) is 0.429. The Labute approximate surface area is 165 Å². The highest BCUT2D eigenvalue weighted by Gasteiger charge is 2.47. The van der Waals surface area contributed by atoms with E-state index in [4.69, 9.17) is 16.3 Å². The van der Waals surface area contributed by atoms with Crippen molar-refractivity contribution in [2.75, 3.05) is 20.3 Å². The molecule has 6 heteroatoms. The molecule has 144 valence electrons. The van der Waals surface area contributed by atoms with Gasteiger partial charge in [0.2, 0.25) is 0 Å². The van der Waals surface area contributed by atoms with Crippen molar-refractivity contribution >= 4 is 17.6 Å². The van der Waals surface area contributed by atoms with Crippen LogP contribution >= 0.6 is 11.6 Å². The summed E-state index contributed by atoms with van der Waals surface area (Å²) < 4.78 is 5.17. The number of ether oxygens (including phenoxy) is 1. The number of carbonyl (C=O) groups is 1. The summed E-state index contributed by atoms with van der Waals surface area (Å²) in [7, 11) is 1.62. The quantitative estimate of drug-likeness (QED) is 0.785. The second kappa shape index (κ2) is 8.16. The number of aliphatic carboxylic acids is 1. The van der Waals surface area contributed by atoms with Gasteiger partial charge in [-0.1, -0.05) is 37.6 Å². The van der Waals surface area contributed by atoms with Gasteiger partial charge in [0.1, 0.15) is 6.07 Å². The Morgan fingerprint density at radius 3 is 2.59 bits per heavy atom. The van der Waals surface area contributed by atoms with E-state index in [0.717, 1.165) is 5.70 Å². The first kappa shape index (κ1) is 21.0. The lowest BCUT2D eigenvalue weighted by Crippen LogP contribution is -2.44. The molecule has 1 aliphatic heterocycles. The Kier molecular flexibility index (Phi) is 6.35. The minimum atomic E-state index is -0.995. The fourth-order valence-electron chi connectivity index (χ4n) is 3.95. The van der Waals surface area contributed by atoms with E-state index in [1.54, 1.807) is 19.2 Å². The maximum atomic E-state index is 12.4. The fourth-order valence-corrected chi connectivity index (χ4v) is 4.28. The standard InChI is InChI=1S/C21H25ClN2O3/c1-13(2)21(17-8-6-7-16(12-23)19(17)22)11-14(3)24(9-10-27-5)15(4)18(21)20(25)26/h6-8,11,13H,9-10H2,1-5H3,(H,25,26). The highest BCUT2D eigenvalue weighted by molar-refractivity contribution is 6.32. The maximum absolute atomic E-state index is 12.4. The number of hydrogen-bond donors (Lipinski definition) is 1.